The molecule has 3 aliphatic rings. The summed E-state index contributed by atoms with van der Waals surface area (Å²) in [6.45, 7) is 6.70. The predicted molar refractivity (Wildman–Crippen MR) is 75.6 cm³/mol. The Morgan fingerprint density at radius 1 is 1.32 bits per heavy atom. The quantitative estimate of drug-likeness (QED) is 0.816. The number of ether oxygens (including phenoxy) is 2. The highest BCUT2D eigenvalue weighted by atomic mass is 35.5. The molecular weight excluding hydrogens is 268 g/mol. The fourth-order valence-corrected chi connectivity index (χ4v) is 2.71. The van der Waals surface area contributed by atoms with Gasteiger partial charge < -0.3 is 20.5 Å². The molecule has 19 heavy (non-hydrogen) atoms. The van der Waals surface area contributed by atoms with E-state index in [1.807, 2.05) is 20.8 Å². The highest BCUT2D eigenvalue weighted by Gasteiger charge is 2.50. The number of rotatable bonds is 2. The predicted octanol–water partition coefficient (Wildman–Crippen LogP) is 1.97. The van der Waals surface area contributed by atoms with Gasteiger partial charge in [-0.15, -0.1) is 12.4 Å². The SMILES string of the molecule is CC(C)(C)OC(=O)NC12CCC(CN)(CC1)OC2.Cl. The van der Waals surface area contributed by atoms with Crippen LogP contribution in [0.15, 0.2) is 0 Å². The molecule has 1 aliphatic carbocycles. The maximum absolute atomic E-state index is 11.8. The third-order valence-corrected chi connectivity index (χ3v) is 3.91. The topological polar surface area (TPSA) is 73.6 Å². The van der Waals surface area contributed by atoms with Crippen molar-refractivity contribution in [2.24, 2.45) is 5.73 Å². The maximum Gasteiger partial charge on any atom is 0.408 e. The Balaban J connectivity index is 0.00000180. The van der Waals surface area contributed by atoms with Crippen LogP contribution in [-0.2, 0) is 9.47 Å². The molecule has 2 aliphatic heterocycles. The zero-order valence-corrected chi connectivity index (χ0v) is 12.8. The molecular formula is C13H25ClN2O3. The summed E-state index contributed by atoms with van der Waals surface area (Å²) in [6, 6.07) is 0. The van der Waals surface area contributed by atoms with Gasteiger partial charge in [0.25, 0.3) is 0 Å². The second kappa shape index (κ2) is 5.46. The summed E-state index contributed by atoms with van der Waals surface area (Å²) < 4.78 is 11.2. The van der Waals surface area contributed by atoms with Crippen molar-refractivity contribution in [3.8, 4) is 0 Å². The van der Waals surface area contributed by atoms with E-state index < -0.39 is 5.60 Å². The minimum atomic E-state index is -0.466. The number of amides is 1. The van der Waals surface area contributed by atoms with E-state index in [1.165, 1.54) is 0 Å². The number of hydrogen-bond donors (Lipinski definition) is 2. The molecule has 3 N–H and O–H groups in total. The highest BCUT2D eigenvalue weighted by molar-refractivity contribution is 5.85. The number of alkyl carbamates (subject to hydrolysis) is 1. The van der Waals surface area contributed by atoms with Gasteiger partial charge in [-0.1, -0.05) is 0 Å². The van der Waals surface area contributed by atoms with E-state index in [4.69, 9.17) is 15.2 Å². The molecule has 112 valence electrons. The van der Waals surface area contributed by atoms with Crippen molar-refractivity contribution in [3.05, 3.63) is 0 Å². The zero-order chi connectivity index (χ0) is 13.4. The number of nitrogens with one attached hydrogen (secondary N) is 1. The van der Waals surface area contributed by atoms with Crippen LogP contribution < -0.4 is 11.1 Å². The van der Waals surface area contributed by atoms with Crippen LogP contribution in [0, 0.1) is 0 Å². The summed E-state index contributed by atoms with van der Waals surface area (Å²) >= 11 is 0. The molecule has 0 aromatic carbocycles. The van der Waals surface area contributed by atoms with E-state index in [1.54, 1.807) is 0 Å². The summed E-state index contributed by atoms with van der Waals surface area (Å²) in [5.74, 6) is 0. The molecule has 0 unspecified atom stereocenters. The van der Waals surface area contributed by atoms with Crippen LogP contribution in [-0.4, -0.2) is 36.0 Å². The number of fused-ring (bicyclic) bond motifs is 3. The molecule has 2 saturated heterocycles. The lowest BCUT2D eigenvalue weighted by atomic mass is 9.71. The smallest absolute Gasteiger partial charge is 0.408 e. The molecule has 0 spiro atoms. The molecule has 5 nitrogen and oxygen atoms in total. The summed E-state index contributed by atoms with van der Waals surface area (Å²) in [5, 5.41) is 2.99. The van der Waals surface area contributed by atoms with Crippen molar-refractivity contribution in [1.29, 1.82) is 0 Å². The Bertz CT molecular complexity index is 317. The number of carbonyl (C=O) groups excluding carboxylic acids is 1. The Kier molecular flexibility index (Phi) is 4.75. The van der Waals surface area contributed by atoms with Crippen molar-refractivity contribution in [3.63, 3.8) is 0 Å². The first-order valence-electron chi connectivity index (χ1n) is 6.63. The molecule has 1 amide bonds. The van der Waals surface area contributed by atoms with Gasteiger partial charge in [0.15, 0.2) is 0 Å². The van der Waals surface area contributed by atoms with E-state index in [0.29, 0.717) is 13.2 Å². The van der Waals surface area contributed by atoms with Crippen molar-refractivity contribution >= 4 is 18.5 Å². The number of halogens is 1. The lowest BCUT2D eigenvalue weighted by Gasteiger charge is -2.52. The van der Waals surface area contributed by atoms with Gasteiger partial charge in [0, 0.05) is 6.54 Å². The van der Waals surface area contributed by atoms with Crippen molar-refractivity contribution in [2.75, 3.05) is 13.2 Å². The third-order valence-electron chi connectivity index (χ3n) is 3.91. The van der Waals surface area contributed by atoms with Crippen LogP contribution in [0.3, 0.4) is 0 Å². The van der Waals surface area contributed by atoms with Gasteiger partial charge >= 0.3 is 6.09 Å². The van der Waals surface area contributed by atoms with E-state index in [0.717, 1.165) is 25.7 Å². The summed E-state index contributed by atoms with van der Waals surface area (Å²) in [6.07, 6.45) is 3.32. The van der Waals surface area contributed by atoms with Crippen LogP contribution in [0.5, 0.6) is 0 Å². The standard InChI is InChI=1S/C13H24N2O3.ClH/c1-11(2,3)18-10(16)15-12-4-6-13(8-14,7-5-12)17-9-12;/h4-9,14H2,1-3H3,(H,15,16);1H. The Hall–Kier alpha value is -0.520. The van der Waals surface area contributed by atoms with Gasteiger partial charge in [-0.05, 0) is 46.5 Å². The molecule has 1 saturated carbocycles. The van der Waals surface area contributed by atoms with Gasteiger partial charge in [0.1, 0.15) is 5.60 Å². The molecule has 3 fully saturated rings. The van der Waals surface area contributed by atoms with E-state index in [-0.39, 0.29) is 29.6 Å². The normalized spacial score (nSPS) is 33.5. The lowest BCUT2D eigenvalue weighted by molar-refractivity contribution is -0.155. The van der Waals surface area contributed by atoms with Gasteiger partial charge in [-0.2, -0.15) is 0 Å². The third kappa shape index (κ3) is 3.74. The van der Waals surface area contributed by atoms with E-state index in [2.05, 4.69) is 5.32 Å². The number of hydrogen-bond acceptors (Lipinski definition) is 4. The fraction of sp³-hybridized carbons (Fsp3) is 0.923. The van der Waals surface area contributed by atoms with E-state index >= 15 is 0 Å². The summed E-state index contributed by atoms with van der Waals surface area (Å²) in [7, 11) is 0. The van der Waals surface area contributed by atoms with Crippen LogP contribution in [0.4, 0.5) is 4.79 Å². The second-order valence-corrected chi connectivity index (χ2v) is 6.58. The van der Waals surface area contributed by atoms with Gasteiger partial charge in [-0.25, -0.2) is 4.79 Å². The van der Waals surface area contributed by atoms with Crippen LogP contribution >= 0.6 is 12.4 Å². The largest absolute Gasteiger partial charge is 0.444 e. The average molecular weight is 293 g/mol. The molecule has 2 heterocycles. The summed E-state index contributed by atoms with van der Waals surface area (Å²) in [4.78, 5) is 11.8. The molecule has 2 bridgehead atoms. The first-order chi connectivity index (χ1) is 8.28. The monoisotopic (exact) mass is 292 g/mol. The van der Waals surface area contributed by atoms with E-state index in [9.17, 15) is 4.79 Å². The zero-order valence-electron chi connectivity index (χ0n) is 12.0. The Morgan fingerprint density at radius 3 is 2.26 bits per heavy atom. The first-order valence-corrected chi connectivity index (χ1v) is 6.63. The van der Waals surface area contributed by atoms with Gasteiger partial charge in [0.2, 0.25) is 0 Å². The molecule has 6 heteroatoms. The fourth-order valence-electron chi connectivity index (χ4n) is 2.71. The second-order valence-electron chi connectivity index (χ2n) is 6.58. The highest BCUT2D eigenvalue weighted by Crippen LogP contribution is 2.43. The molecule has 3 rings (SSSR count). The van der Waals surface area contributed by atoms with Gasteiger partial charge in [0.05, 0.1) is 17.7 Å². The van der Waals surface area contributed by atoms with Gasteiger partial charge in [-0.3, -0.25) is 0 Å². The minimum absolute atomic E-state index is 0. The Morgan fingerprint density at radius 2 is 1.89 bits per heavy atom. The molecule has 0 radical (unpaired) electrons. The van der Waals surface area contributed by atoms with Crippen molar-refractivity contribution in [2.45, 2.75) is 63.2 Å². The minimum Gasteiger partial charge on any atom is -0.444 e. The number of carbonyl (C=O) groups is 1. The average Bonchev–Trinajstić information content (AvgIpc) is 2.28. The Labute approximate surface area is 121 Å². The lowest BCUT2D eigenvalue weighted by Crippen LogP contribution is -2.64. The maximum atomic E-state index is 11.8. The molecule has 0 atom stereocenters. The van der Waals surface area contributed by atoms with Crippen LogP contribution in [0.1, 0.15) is 46.5 Å². The summed E-state index contributed by atoms with van der Waals surface area (Å²) in [5.41, 5.74) is 4.91. The van der Waals surface area contributed by atoms with Crippen LogP contribution in [0.25, 0.3) is 0 Å². The molecule has 0 aromatic rings. The van der Waals surface area contributed by atoms with Crippen molar-refractivity contribution in [1.82, 2.24) is 5.32 Å². The number of nitrogens with two attached hydrogens (primary N) is 1. The first kappa shape index (κ1) is 16.5. The molecule has 0 aromatic heterocycles. The van der Waals surface area contributed by atoms with Crippen molar-refractivity contribution < 1.29 is 14.3 Å². The van der Waals surface area contributed by atoms with Crippen LogP contribution in [0.2, 0.25) is 0 Å².